The van der Waals surface area contributed by atoms with Gasteiger partial charge >= 0.3 is 0 Å². The number of fused-ring (bicyclic) bond motifs is 1. The molecule has 1 aromatic carbocycles. The lowest BCUT2D eigenvalue weighted by Crippen LogP contribution is -2.37. The molecule has 1 amide bonds. The molecule has 1 saturated heterocycles. The number of halogens is 1. The minimum atomic E-state index is 0.0996. The highest BCUT2D eigenvalue weighted by atomic mass is 35.5. The molecule has 3 rings (SSSR count). The molecule has 0 atom stereocenters. The van der Waals surface area contributed by atoms with Gasteiger partial charge < -0.3 is 5.32 Å². The minimum Gasteiger partial charge on any atom is -0.353 e. The fraction of sp³-hybridized carbons (Fsp3) is 0.467. The van der Waals surface area contributed by atoms with Crippen LogP contribution in [0.15, 0.2) is 24.3 Å². The third-order valence-electron chi connectivity index (χ3n) is 3.75. The highest BCUT2D eigenvalue weighted by Gasteiger charge is 2.16. The summed E-state index contributed by atoms with van der Waals surface area (Å²) < 4.78 is 1.81. The molecule has 0 radical (unpaired) electrons. The molecule has 0 aliphatic carbocycles. The number of rotatable bonds is 4. The molecule has 1 N–H and O–H groups in total. The third kappa shape index (κ3) is 3.52. The van der Waals surface area contributed by atoms with Crippen molar-refractivity contribution in [2.45, 2.75) is 31.8 Å². The van der Waals surface area contributed by atoms with Crippen LogP contribution in [0, 0.1) is 0 Å². The Labute approximate surface area is 133 Å². The van der Waals surface area contributed by atoms with E-state index in [4.69, 9.17) is 11.6 Å². The van der Waals surface area contributed by atoms with Crippen LogP contribution in [-0.2, 0) is 11.3 Å². The number of nitrogens with one attached hydrogen (secondary N) is 1. The van der Waals surface area contributed by atoms with E-state index in [1.54, 1.807) is 0 Å². The van der Waals surface area contributed by atoms with Crippen molar-refractivity contribution in [2.75, 3.05) is 11.5 Å². The Bertz CT molecular complexity index is 637. The first-order valence-electron chi connectivity index (χ1n) is 7.22. The summed E-state index contributed by atoms with van der Waals surface area (Å²) in [5.74, 6) is 2.39. The van der Waals surface area contributed by atoms with Crippen molar-refractivity contribution >= 4 is 40.2 Å². The van der Waals surface area contributed by atoms with Gasteiger partial charge in [-0.15, -0.1) is 0 Å². The summed E-state index contributed by atoms with van der Waals surface area (Å²) >= 11 is 8.07. The van der Waals surface area contributed by atoms with E-state index in [9.17, 15) is 4.79 Å². The molecule has 112 valence electrons. The molecule has 6 heteroatoms. The van der Waals surface area contributed by atoms with Crippen molar-refractivity contribution < 1.29 is 4.79 Å². The summed E-state index contributed by atoms with van der Waals surface area (Å²) in [6.07, 6.45) is 2.59. The Balaban J connectivity index is 1.59. The van der Waals surface area contributed by atoms with Crippen LogP contribution in [0.3, 0.4) is 0 Å². The number of thioether (sulfide) groups is 1. The first kappa shape index (κ1) is 14.7. The van der Waals surface area contributed by atoms with E-state index in [0.29, 0.717) is 24.2 Å². The van der Waals surface area contributed by atoms with E-state index in [-0.39, 0.29) is 5.91 Å². The van der Waals surface area contributed by atoms with Gasteiger partial charge in [-0.05, 0) is 36.5 Å². The van der Waals surface area contributed by atoms with Gasteiger partial charge in [-0.2, -0.15) is 16.9 Å². The van der Waals surface area contributed by atoms with Crippen LogP contribution in [0.2, 0.25) is 5.15 Å². The minimum absolute atomic E-state index is 0.0996. The zero-order valence-corrected chi connectivity index (χ0v) is 13.3. The molecule has 0 spiro atoms. The lowest BCUT2D eigenvalue weighted by atomic mass is 10.1. The van der Waals surface area contributed by atoms with Crippen LogP contribution in [-0.4, -0.2) is 33.2 Å². The standard InChI is InChI=1S/C15H18ClN3OS/c16-15-12-3-1-2-4-13(12)19(18-15)8-5-14(20)17-11-6-9-21-10-7-11/h1-4,11H,5-10H2,(H,17,20). The maximum Gasteiger partial charge on any atom is 0.222 e. The van der Waals surface area contributed by atoms with Crippen LogP contribution in [0.1, 0.15) is 19.3 Å². The van der Waals surface area contributed by atoms with Gasteiger partial charge in [-0.3, -0.25) is 9.48 Å². The number of hydrogen-bond acceptors (Lipinski definition) is 3. The Kier molecular flexibility index (Phi) is 4.70. The van der Waals surface area contributed by atoms with Crippen LogP contribution >= 0.6 is 23.4 Å². The molecule has 2 heterocycles. The van der Waals surface area contributed by atoms with E-state index < -0.39 is 0 Å². The number of amides is 1. The molecule has 1 aliphatic rings. The lowest BCUT2D eigenvalue weighted by molar-refractivity contribution is -0.122. The molecular weight excluding hydrogens is 306 g/mol. The third-order valence-corrected chi connectivity index (χ3v) is 5.08. The molecule has 1 aromatic heterocycles. The summed E-state index contributed by atoms with van der Waals surface area (Å²) in [5.41, 5.74) is 0.976. The Morgan fingerprint density at radius 1 is 1.38 bits per heavy atom. The second-order valence-corrected chi connectivity index (χ2v) is 6.82. The van der Waals surface area contributed by atoms with Gasteiger partial charge in [-0.1, -0.05) is 23.7 Å². The number of carbonyl (C=O) groups is 1. The summed E-state index contributed by atoms with van der Waals surface area (Å²) in [6.45, 7) is 0.556. The van der Waals surface area contributed by atoms with Crippen molar-refractivity contribution in [3.63, 3.8) is 0 Å². The molecule has 0 unspecified atom stereocenters. The number of hydrogen-bond donors (Lipinski definition) is 1. The molecule has 0 saturated carbocycles. The van der Waals surface area contributed by atoms with Crippen LogP contribution < -0.4 is 5.32 Å². The van der Waals surface area contributed by atoms with Crippen molar-refractivity contribution in [2.24, 2.45) is 0 Å². The number of para-hydroxylation sites is 1. The summed E-state index contributed by atoms with van der Waals surface area (Å²) in [4.78, 5) is 12.0. The Morgan fingerprint density at radius 2 is 2.14 bits per heavy atom. The number of carbonyl (C=O) groups excluding carboxylic acids is 1. The van der Waals surface area contributed by atoms with Crippen molar-refractivity contribution in [1.82, 2.24) is 15.1 Å². The number of aryl methyl sites for hydroxylation is 1. The van der Waals surface area contributed by atoms with E-state index in [1.165, 1.54) is 0 Å². The average Bonchev–Trinajstić information content (AvgIpc) is 2.83. The first-order valence-corrected chi connectivity index (χ1v) is 8.75. The lowest BCUT2D eigenvalue weighted by Gasteiger charge is -2.22. The Hall–Kier alpha value is -1.20. The van der Waals surface area contributed by atoms with Gasteiger partial charge in [0.2, 0.25) is 5.91 Å². The first-order chi connectivity index (χ1) is 10.2. The topological polar surface area (TPSA) is 46.9 Å². The van der Waals surface area contributed by atoms with Crippen LogP contribution in [0.4, 0.5) is 0 Å². The highest BCUT2D eigenvalue weighted by molar-refractivity contribution is 7.99. The molecule has 1 aliphatic heterocycles. The van der Waals surface area contributed by atoms with Gasteiger partial charge in [-0.25, -0.2) is 0 Å². The largest absolute Gasteiger partial charge is 0.353 e. The zero-order chi connectivity index (χ0) is 14.7. The second kappa shape index (κ2) is 6.71. The summed E-state index contributed by atoms with van der Waals surface area (Å²) in [7, 11) is 0. The van der Waals surface area contributed by atoms with Gasteiger partial charge in [0.05, 0.1) is 12.1 Å². The zero-order valence-electron chi connectivity index (χ0n) is 11.7. The molecule has 21 heavy (non-hydrogen) atoms. The molecule has 1 fully saturated rings. The average molecular weight is 324 g/mol. The molecule has 0 bridgehead atoms. The monoisotopic (exact) mass is 323 g/mol. The van der Waals surface area contributed by atoms with Crippen LogP contribution in [0.5, 0.6) is 0 Å². The second-order valence-electron chi connectivity index (χ2n) is 5.24. The van der Waals surface area contributed by atoms with Crippen LogP contribution in [0.25, 0.3) is 10.9 Å². The Morgan fingerprint density at radius 3 is 2.95 bits per heavy atom. The number of benzene rings is 1. The predicted octanol–water partition coefficient (Wildman–Crippen LogP) is 3.09. The van der Waals surface area contributed by atoms with E-state index >= 15 is 0 Å². The smallest absolute Gasteiger partial charge is 0.222 e. The van der Waals surface area contributed by atoms with Crippen molar-refractivity contribution in [3.05, 3.63) is 29.4 Å². The maximum atomic E-state index is 12.0. The van der Waals surface area contributed by atoms with Gasteiger partial charge in [0.1, 0.15) is 0 Å². The summed E-state index contributed by atoms with van der Waals surface area (Å²) in [5, 5.41) is 8.85. The van der Waals surface area contributed by atoms with E-state index in [1.807, 2.05) is 40.7 Å². The van der Waals surface area contributed by atoms with Crippen molar-refractivity contribution in [1.29, 1.82) is 0 Å². The number of aromatic nitrogens is 2. The molecule has 4 nitrogen and oxygen atoms in total. The maximum absolute atomic E-state index is 12.0. The van der Waals surface area contributed by atoms with Gasteiger partial charge in [0, 0.05) is 17.8 Å². The SMILES string of the molecule is O=C(CCn1nc(Cl)c2ccccc21)NC1CCSCC1. The highest BCUT2D eigenvalue weighted by Crippen LogP contribution is 2.22. The summed E-state index contributed by atoms with van der Waals surface area (Å²) in [6, 6.07) is 8.16. The van der Waals surface area contributed by atoms with E-state index in [2.05, 4.69) is 10.4 Å². The fourth-order valence-electron chi connectivity index (χ4n) is 2.61. The fourth-order valence-corrected chi connectivity index (χ4v) is 3.96. The predicted molar refractivity (Wildman–Crippen MR) is 87.8 cm³/mol. The van der Waals surface area contributed by atoms with Gasteiger partial charge in [0.25, 0.3) is 0 Å². The number of nitrogens with zero attached hydrogens (tertiary/aromatic N) is 2. The van der Waals surface area contributed by atoms with Crippen molar-refractivity contribution in [3.8, 4) is 0 Å². The van der Waals surface area contributed by atoms with Gasteiger partial charge in [0.15, 0.2) is 5.15 Å². The quantitative estimate of drug-likeness (QED) is 0.940. The molecule has 2 aromatic rings. The normalized spacial score (nSPS) is 16.2. The molecular formula is C15H18ClN3OS. The van der Waals surface area contributed by atoms with E-state index in [0.717, 1.165) is 35.3 Å².